The van der Waals surface area contributed by atoms with Crippen molar-refractivity contribution in [1.82, 2.24) is 10.2 Å². The Balaban J connectivity index is 1.37. The van der Waals surface area contributed by atoms with Crippen LogP contribution in [0.1, 0.15) is 18.1 Å². The van der Waals surface area contributed by atoms with Gasteiger partial charge in [0, 0.05) is 36.9 Å². The summed E-state index contributed by atoms with van der Waals surface area (Å²) in [7, 11) is 0. The molecule has 1 fully saturated rings. The first-order valence-corrected chi connectivity index (χ1v) is 9.73. The summed E-state index contributed by atoms with van der Waals surface area (Å²) in [6, 6.07) is 16.9. The minimum Gasteiger partial charge on any atom is -0.371 e. The van der Waals surface area contributed by atoms with Gasteiger partial charge < -0.3 is 15.4 Å². The summed E-state index contributed by atoms with van der Waals surface area (Å²) in [5.74, 6) is -1.35. The molecule has 1 heterocycles. The van der Waals surface area contributed by atoms with Crippen molar-refractivity contribution >= 4 is 29.1 Å². The third kappa shape index (κ3) is 6.05. The lowest BCUT2D eigenvalue weighted by Crippen LogP contribution is -2.41. The molecule has 2 N–H and O–H groups in total. The predicted molar refractivity (Wildman–Crippen MR) is 109 cm³/mol. The van der Waals surface area contributed by atoms with Crippen LogP contribution in [0, 0.1) is 0 Å². The van der Waals surface area contributed by atoms with Gasteiger partial charge in [-0.2, -0.15) is 0 Å². The second-order valence-electron chi connectivity index (χ2n) is 6.64. The number of benzene rings is 2. The quantitative estimate of drug-likeness (QED) is 0.576. The third-order valence-corrected chi connectivity index (χ3v) is 4.78. The summed E-state index contributed by atoms with van der Waals surface area (Å²) >= 11 is 5.87. The Kier molecular flexibility index (Phi) is 7.42. The zero-order valence-electron chi connectivity index (χ0n) is 15.6. The maximum absolute atomic E-state index is 11.9. The molecular weight excluding hydrogens is 378 g/mol. The molecule has 6 nitrogen and oxygen atoms in total. The van der Waals surface area contributed by atoms with Gasteiger partial charge in [0.15, 0.2) is 0 Å². The summed E-state index contributed by atoms with van der Waals surface area (Å²) in [5, 5.41) is 5.69. The standard InChI is InChI=1S/C21H24ClN3O3/c22-17-8-4-9-18(14-17)24-21(27)20(26)23-10-5-11-25-12-13-28-19(15-25)16-6-2-1-3-7-16/h1-4,6-9,14,19H,5,10-13,15H2,(H,23,26)(H,24,27). The van der Waals surface area contributed by atoms with Gasteiger partial charge in [-0.25, -0.2) is 0 Å². The fourth-order valence-corrected chi connectivity index (χ4v) is 3.30. The monoisotopic (exact) mass is 401 g/mol. The molecule has 0 radical (unpaired) electrons. The minimum absolute atomic E-state index is 0.0769. The zero-order valence-corrected chi connectivity index (χ0v) is 16.3. The smallest absolute Gasteiger partial charge is 0.313 e. The maximum atomic E-state index is 11.9. The average molecular weight is 402 g/mol. The van der Waals surface area contributed by atoms with Gasteiger partial charge in [0.2, 0.25) is 0 Å². The van der Waals surface area contributed by atoms with Crippen LogP contribution in [0.5, 0.6) is 0 Å². The average Bonchev–Trinajstić information content (AvgIpc) is 2.72. The van der Waals surface area contributed by atoms with Crippen LogP contribution in [0.25, 0.3) is 0 Å². The van der Waals surface area contributed by atoms with Crippen LogP contribution in [0.3, 0.4) is 0 Å². The highest BCUT2D eigenvalue weighted by atomic mass is 35.5. The number of morpholine rings is 1. The summed E-state index contributed by atoms with van der Waals surface area (Å²) in [5.41, 5.74) is 1.67. The van der Waals surface area contributed by atoms with Crippen molar-refractivity contribution in [3.8, 4) is 0 Å². The largest absolute Gasteiger partial charge is 0.371 e. The van der Waals surface area contributed by atoms with Crippen LogP contribution in [-0.2, 0) is 14.3 Å². The normalized spacial score (nSPS) is 17.1. The first-order chi connectivity index (χ1) is 13.6. The van der Waals surface area contributed by atoms with Gasteiger partial charge in [0.25, 0.3) is 0 Å². The Labute approximate surface area is 169 Å². The van der Waals surface area contributed by atoms with E-state index in [9.17, 15) is 9.59 Å². The lowest BCUT2D eigenvalue weighted by atomic mass is 10.1. The highest BCUT2D eigenvalue weighted by Crippen LogP contribution is 2.21. The van der Waals surface area contributed by atoms with Crippen molar-refractivity contribution in [1.29, 1.82) is 0 Å². The number of rotatable bonds is 6. The molecular formula is C21H24ClN3O3. The molecule has 0 aromatic heterocycles. The molecule has 1 aliphatic rings. The van der Waals surface area contributed by atoms with E-state index in [1.54, 1.807) is 24.3 Å². The Morgan fingerprint density at radius 1 is 1.11 bits per heavy atom. The van der Waals surface area contributed by atoms with E-state index in [-0.39, 0.29) is 6.10 Å². The van der Waals surface area contributed by atoms with Gasteiger partial charge in [-0.1, -0.05) is 48.0 Å². The van der Waals surface area contributed by atoms with Gasteiger partial charge >= 0.3 is 11.8 Å². The Morgan fingerprint density at radius 2 is 1.93 bits per heavy atom. The first kappa shape index (κ1) is 20.3. The van der Waals surface area contributed by atoms with Gasteiger partial charge in [-0.15, -0.1) is 0 Å². The Bertz CT molecular complexity index is 800. The molecule has 1 unspecified atom stereocenters. The van der Waals surface area contributed by atoms with Crippen molar-refractivity contribution in [3.05, 3.63) is 65.2 Å². The van der Waals surface area contributed by atoms with Crippen LogP contribution in [0.4, 0.5) is 5.69 Å². The molecule has 1 atom stereocenters. The lowest BCUT2D eigenvalue weighted by molar-refractivity contribution is -0.136. The number of carbonyl (C=O) groups is 2. The Hall–Kier alpha value is -2.41. The van der Waals surface area contributed by atoms with Gasteiger partial charge in [-0.05, 0) is 30.2 Å². The number of anilines is 1. The number of carbonyl (C=O) groups excluding carboxylic acids is 2. The van der Waals surface area contributed by atoms with Crippen LogP contribution in [-0.4, -0.2) is 49.5 Å². The van der Waals surface area contributed by atoms with E-state index in [2.05, 4.69) is 27.7 Å². The van der Waals surface area contributed by atoms with E-state index in [0.717, 1.165) is 26.1 Å². The van der Waals surface area contributed by atoms with Crippen LogP contribution in [0.15, 0.2) is 54.6 Å². The third-order valence-electron chi connectivity index (χ3n) is 4.55. The number of amides is 2. The minimum atomic E-state index is -0.696. The van der Waals surface area contributed by atoms with Crippen LogP contribution < -0.4 is 10.6 Å². The molecule has 2 aromatic carbocycles. The first-order valence-electron chi connectivity index (χ1n) is 9.35. The van der Waals surface area contributed by atoms with E-state index in [1.165, 1.54) is 5.56 Å². The second kappa shape index (κ2) is 10.2. The fraction of sp³-hybridized carbons (Fsp3) is 0.333. The van der Waals surface area contributed by atoms with E-state index in [1.807, 2.05) is 18.2 Å². The molecule has 1 aliphatic heterocycles. The van der Waals surface area contributed by atoms with Crippen molar-refractivity contribution in [2.24, 2.45) is 0 Å². The molecule has 3 rings (SSSR count). The maximum Gasteiger partial charge on any atom is 0.313 e. The number of halogens is 1. The molecule has 2 aromatic rings. The zero-order chi connectivity index (χ0) is 19.8. The number of hydrogen-bond donors (Lipinski definition) is 2. The van der Waals surface area contributed by atoms with Crippen LogP contribution in [0.2, 0.25) is 5.02 Å². The molecule has 0 saturated carbocycles. The molecule has 148 valence electrons. The summed E-state index contributed by atoms with van der Waals surface area (Å²) < 4.78 is 5.86. The molecule has 1 saturated heterocycles. The van der Waals surface area contributed by atoms with E-state index in [4.69, 9.17) is 16.3 Å². The molecule has 7 heteroatoms. The Morgan fingerprint density at radius 3 is 2.71 bits per heavy atom. The summed E-state index contributed by atoms with van der Waals surface area (Å²) in [4.78, 5) is 26.2. The number of nitrogens with zero attached hydrogens (tertiary/aromatic N) is 1. The number of hydrogen-bond acceptors (Lipinski definition) is 4. The summed E-state index contributed by atoms with van der Waals surface area (Å²) in [6.07, 6.45) is 0.838. The van der Waals surface area contributed by atoms with Gasteiger partial charge in [0.1, 0.15) is 0 Å². The van der Waals surface area contributed by atoms with Crippen molar-refractivity contribution in [2.75, 3.05) is 38.1 Å². The fourth-order valence-electron chi connectivity index (χ4n) is 3.11. The van der Waals surface area contributed by atoms with E-state index >= 15 is 0 Å². The molecule has 28 heavy (non-hydrogen) atoms. The van der Waals surface area contributed by atoms with Crippen molar-refractivity contribution < 1.29 is 14.3 Å². The van der Waals surface area contributed by atoms with E-state index in [0.29, 0.717) is 23.9 Å². The van der Waals surface area contributed by atoms with E-state index < -0.39 is 11.8 Å². The number of nitrogens with one attached hydrogen (secondary N) is 2. The topological polar surface area (TPSA) is 70.7 Å². The van der Waals surface area contributed by atoms with Gasteiger partial charge in [0.05, 0.1) is 12.7 Å². The molecule has 0 bridgehead atoms. The SMILES string of the molecule is O=C(NCCCN1CCOC(c2ccccc2)C1)C(=O)Nc1cccc(Cl)c1. The number of ether oxygens (including phenoxy) is 1. The van der Waals surface area contributed by atoms with Gasteiger partial charge in [-0.3, -0.25) is 14.5 Å². The molecule has 0 spiro atoms. The molecule has 2 amide bonds. The van der Waals surface area contributed by atoms with Crippen molar-refractivity contribution in [3.63, 3.8) is 0 Å². The van der Waals surface area contributed by atoms with Crippen molar-refractivity contribution in [2.45, 2.75) is 12.5 Å². The predicted octanol–water partition coefficient (Wildman–Crippen LogP) is 2.86. The second-order valence-corrected chi connectivity index (χ2v) is 7.08. The van der Waals surface area contributed by atoms with Crippen LogP contribution >= 0.6 is 11.6 Å². The lowest BCUT2D eigenvalue weighted by Gasteiger charge is -2.33. The highest BCUT2D eigenvalue weighted by molar-refractivity contribution is 6.39. The summed E-state index contributed by atoms with van der Waals surface area (Å²) in [6.45, 7) is 3.66. The molecule has 0 aliphatic carbocycles. The highest BCUT2D eigenvalue weighted by Gasteiger charge is 2.21.